The van der Waals surface area contributed by atoms with Crippen LogP contribution in [0.25, 0.3) is 0 Å². The zero-order valence-corrected chi connectivity index (χ0v) is 9.59. The molecule has 0 atom stereocenters. The maximum atomic E-state index is 10.8. The van der Waals surface area contributed by atoms with Gasteiger partial charge in [-0.25, -0.2) is 9.89 Å². The molecule has 0 amide bonds. The van der Waals surface area contributed by atoms with Crippen molar-refractivity contribution in [3.63, 3.8) is 0 Å². The summed E-state index contributed by atoms with van der Waals surface area (Å²) >= 11 is 1.83. The molecule has 0 bridgehead atoms. The van der Waals surface area contributed by atoms with Crippen LogP contribution in [-0.4, -0.2) is 20.9 Å². The van der Waals surface area contributed by atoms with E-state index >= 15 is 0 Å². The normalized spacial score (nSPS) is 10.5. The lowest BCUT2D eigenvalue weighted by atomic mass is 10.2. The summed E-state index contributed by atoms with van der Waals surface area (Å²) in [6.45, 7) is 0. The Morgan fingerprint density at radius 2 is 2.06 bits per heavy atom. The Morgan fingerprint density at radius 1 is 1.25 bits per heavy atom. The molecule has 84 valence electrons. The summed E-state index contributed by atoms with van der Waals surface area (Å²) in [6.07, 6.45) is 0.788. The van der Waals surface area contributed by atoms with Gasteiger partial charge in [0.05, 0.1) is 0 Å². The van der Waals surface area contributed by atoms with E-state index in [1.54, 1.807) is 0 Å². The number of nitrogens with one attached hydrogen (secondary N) is 2. The van der Waals surface area contributed by atoms with E-state index in [4.69, 9.17) is 0 Å². The molecule has 0 aliphatic heterocycles. The van der Waals surface area contributed by atoms with E-state index in [9.17, 15) is 4.79 Å². The maximum absolute atomic E-state index is 10.8. The lowest BCUT2D eigenvalue weighted by Gasteiger charge is -1.99. The molecule has 2 rings (SSSR count). The van der Waals surface area contributed by atoms with Crippen LogP contribution in [0, 0.1) is 0 Å². The first-order valence-electron chi connectivity index (χ1n) is 5.10. The lowest BCUT2D eigenvalue weighted by molar-refractivity contribution is 0.952. The molecule has 0 radical (unpaired) electrons. The molecule has 0 fully saturated rings. The van der Waals surface area contributed by atoms with Gasteiger partial charge in [-0.2, -0.15) is 16.9 Å². The van der Waals surface area contributed by atoms with Crippen molar-refractivity contribution >= 4 is 11.8 Å². The molecule has 0 aliphatic carbocycles. The minimum absolute atomic E-state index is 0.233. The molecule has 0 saturated heterocycles. The summed E-state index contributed by atoms with van der Waals surface area (Å²) in [5, 5.41) is 6.21. The van der Waals surface area contributed by atoms with Crippen molar-refractivity contribution < 1.29 is 0 Å². The molecule has 4 nitrogen and oxygen atoms in total. The third kappa shape index (κ3) is 3.27. The average molecular weight is 235 g/mol. The summed E-state index contributed by atoms with van der Waals surface area (Å²) in [5.74, 6) is 2.68. The van der Waals surface area contributed by atoms with E-state index < -0.39 is 0 Å². The SMILES string of the molecule is O=c1[nH]nc(CCSCc2ccccc2)[nH]1. The molecule has 1 heterocycles. The standard InChI is InChI=1S/C11H13N3OS/c15-11-12-10(13-14-11)6-7-16-8-9-4-2-1-3-5-9/h1-5H,6-8H2,(H2,12,13,14,15). The largest absolute Gasteiger partial charge is 0.340 e. The van der Waals surface area contributed by atoms with Crippen LogP contribution in [0.5, 0.6) is 0 Å². The van der Waals surface area contributed by atoms with Gasteiger partial charge in [0, 0.05) is 17.9 Å². The number of aromatic nitrogens is 3. The first-order chi connectivity index (χ1) is 7.84. The van der Waals surface area contributed by atoms with Crippen molar-refractivity contribution in [2.45, 2.75) is 12.2 Å². The van der Waals surface area contributed by atoms with E-state index in [0.29, 0.717) is 0 Å². The average Bonchev–Trinajstić information content (AvgIpc) is 2.72. The number of hydrogen-bond acceptors (Lipinski definition) is 3. The molecule has 0 saturated carbocycles. The number of rotatable bonds is 5. The zero-order chi connectivity index (χ0) is 11.2. The molecule has 2 N–H and O–H groups in total. The summed E-state index contributed by atoms with van der Waals surface area (Å²) in [7, 11) is 0. The Bertz CT molecular complexity index is 477. The lowest BCUT2D eigenvalue weighted by Crippen LogP contribution is -2.01. The molecule has 0 spiro atoms. The smallest absolute Gasteiger partial charge is 0.293 e. The highest BCUT2D eigenvalue weighted by atomic mass is 32.2. The molecular weight excluding hydrogens is 222 g/mol. The number of nitrogens with zero attached hydrogens (tertiary/aromatic N) is 1. The van der Waals surface area contributed by atoms with Gasteiger partial charge in [0.2, 0.25) is 0 Å². The maximum Gasteiger partial charge on any atom is 0.340 e. The Morgan fingerprint density at radius 3 is 2.75 bits per heavy atom. The number of aryl methyl sites for hydroxylation is 1. The minimum Gasteiger partial charge on any atom is -0.293 e. The predicted octanol–water partition coefficient (Wildman–Crippen LogP) is 1.57. The topological polar surface area (TPSA) is 61.5 Å². The van der Waals surface area contributed by atoms with E-state index in [-0.39, 0.29) is 5.69 Å². The highest BCUT2D eigenvalue weighted by Crippen LogP contribution is 2.12. The second kappa shape index (κ2) is 5.55. The van der Waals surface area contributed by atoms with Crippen molar-refractivity contribution in [2.75, 3.05) is 5.75 Å². The molecule has 0 aliphatic rings. The van der Waals surface area contributed by atoms with Gasteiger partial charge >= 0.3 is 5.69 Å². The van der Waals surface area contributed by atoms with Crippen molar-refractivity contribution in [2.24, 2.45) is 0 Å². The fourth-order valence-corrected chi connectivity index (χ4v) is 2.27. The summed E-state index contributed by atoms with van der Waals surface area (Å²) in [5.41, 5.74) is 1.09. The Kier molecular flexibility index (Phi) is 3.82. The second-order valence-electron chi connectivity index (χ2n) is 3.41. The first kappa shape index (κ1) is 11.0. The van der Waals surface area contributed by atoms with Crippen molar-refractivity contribution in [3.8, 4) is 0 Å². The van der Waals surface area contributed by atoms with Crippen LogP contribution in [0.4, 0.5) is 0 Å². The van der Waals surface area contributed by atoms with Gasteiger partial charge in [0.15, 0.2) is 0 Å². The fourth-order valence-electron chi connectivity index (χ4n) is 1.36. The van der Waals surface area contributed by atoms with E-state index in [1.165, 1.54) is 5.56 Å². The van der Waals surface area contributed by atoms with Crippen LogP contribution >= 0.6 is 11.8 Å². The number of thioether (sulfide) groups is 1. The van der Waals surface area contributed by atoms with Crippen LogP contribution in [0.3, 0.4) is 0 Å². The number of benzene rings is 1. The van der Waals surface area contributed by atoms with Gasteiger partial charge in [-0.1, -0.05) is 30.3 Å². The second-order valence-corrected chi connectivity index (χ2v) is 4.52. The minimum atomic E-state index is -0.233. The third-order valence-corrected chi connectivity index (χ3v) is 3.18. The van der Waals surface area contributed by atoms with Gasteiger partial charge in [-0.15, -0.1) is 0 Å². The predicted molar refractivity (Wildman–Crippen MR) is 65.5 cm³/mol. The summed E-state index contributed by atoms with van der Waals surface area (Å²) in [4.78, 5) is 13.4. The molecular formula is C11H13N3OS. The molecule has 16 heavy (non-hydrogen) atoms. The first-order valence-corrected chi connectivity index (χ1v) is 6.25. The van der Waals surface area contributed by atoms with Crippen LogP contribution in [-0.2, 0) is 12.2 Å². The fraction of sp³-hybridized carbons (Fsp3) is 0.273. The molecule has 1 aromatic carbocycles. The quantitative estimate of drug-likeness (QED) is 0.773. The van der Waals surface area contributed by atoms with Gasteiger partial charge in [0.25, 0.3) is 0 Å². The van der Waals surface area contributed by atoms with E-state index in [1.807, 2.05) is 30.0 Å². The van der Waals surface area contributed by atoms with Gasteiger partial charge < -0.3 is 0 Å². The van der Waals surface area contributed by atoms with Crippen molar-refractivity contribution in [3.05, 3.63) is 52.2 Å². The number of hydrogen-bond donors (Lipinski definition) is 2. The summed E-state index contributed by atoms with van der Waals surface area (Å²) < 4.78 is 0. The zero-order valence-electron chi connectivity index (χ0n) is 8.77. The Hall–Kier alpha value is -1.49. The van der Waals surface area contributed by atoms with Crippen LogP contribution in [0.1, 0.15) is 11.4 Å². The highest BCUT2D eigenvalue weighted by molar-refractivity contribution is 7.98. The van der Waals surface area contributed by atoms with Gasteiger partial charge in [-0.05, 0) is 5.56 Å². The van der Waals surface area contributed by atoms with Gasteiger partial charge in [0.1, 0.15) is 5.82 Å². The highest BCUT2D eigenvalue weighted by Gasteiger charge is 1.98. The molecule has 0 unspecified atom stereocenters. The number of aromatic amines is 2. The molecule has 1 aromatic heterocycles. The molecule has 5 heteroatoms. The third-order valence-electron chi connectivity index (χ3n) is 2.14. The van der Waals surface area contributed by atoms with Crippen molar-refractivity contribution in [1.29, 1.82) is 0 Å². The van der Waals surface area contributed by atoms with Crippen LogP contribution in [0.15, 0.2) is 35.1 Å². The van der Waals surface area contributed by atoms with Crippen LogP contribution in [0.2, 0.25) is 0 Å². The molecule has 2 aromatic rings. The Balaban J connectivity index is 1.71. The van der Waals surface area contributed by atoms with Crippen LogP contribution < -0.4 is 5.69 Å². The van der Waals surface area contributed by atoms with E-state index in [0.717, 1.165) is 23.8 Å². The van der Waals surface area contributed by atoms with Crippen molar-refractivity contribution in [1.82, 2.24) is 15.2 Å². The number of H-pyrrole nitrogens is 2. The summed E-state index contributed by atoms with van der Waals surface area (Å²) in [6, 6.07) is 10.3. The van der Waals surface area contributed by atoms with Gasteiger partial charge in [-0.3, -0.25) is 4.98 Å². The monoisotopic (exact) mass is 235 g/mol. The Labute approximate surface area is 97.5 Å². The van der Waals surface area contributed by atoms with E-state index in [2.05, 4.69) is 27.3 Å².